The first-order chi connectivity index (χ1) is 26.6. The highest BCUT2D eigenvalue weighted by molar-refractivity contribution is 5.98. The average molecular weight is 812 g/mol. The number of aliphatic hydroxyl groups is 2. The van der Waals surface area contributed by atoms with Gasteiger partial charge in [-0.3, -0.25) is 38.4 Å². The van der Waals surface area contributed by atoms with Crippen LogP contribution in [0.25, 0.3) is 0 Å². The highest BCUT2D eigenvalue weighted by Crippen LogP contribution is 2.26. The van der Waals surface area contributed by atoms with E-state index < -0.39 is 127 Å². The van der Waals surface area contributed by atoms with Crippen LogP contribution in [0.4, 0.5) is 0 Å². The number of likely N-dealkylation sites (tertiary alicyclic amines) is 2. The van der Waals surface area contributed by atoms with Crippen LogP contribution >= 0.6 is 0 Å². The van der Waals surface area contributed by atoms with Gasteiger partial charge in [-0.25, -0.2) is 4.79 Å². The number of nitrogens with zero attached hydrogens (tertiary/aromatic N) is 2. The SMILES string of the molecule is CC(C)C[C@H](NC(=O)[C@H](C)N)C(=O)NCC(=O)N[C@@H](CO)C(=O)N[C@H](C(=O)N[C@@H](C)C(=O)N1CCC[C@H]1C(=O)N1CCC[C@H]1C(=O)N[C@H](C(=O)O)C(C)C)[C@@H](C)O. The van der Waals surface area contributed by atoms with E-state index in [-0.39, 0.29) is 31.8 Å². The van der Waals surface area contributed by atoms with Crippen molar-refractivity contribution in [3.8, 4) is 0 Å². The summed E-state index contributed by atoms with van der Waals surface area (Å²) in [6.07, 6.45) is 0.267. The van der Waals surface area contributed by atoms with Crippen LogP contribution in [0.15, 0.2) is 0 Å². The summed E-state index contributed by atoms with van der Waals surface area (Å²) in [7, 11) is 0. The zero-order chi connectivity index (χ0) is 43.3. The van der Waals surface area contributed by atoms with Gasteiger partial charge in [-0.1, -0.05) is 27.7 Å². The maximum Gasteiger partial charge on any atom is 0.326 e. The van der Waals surface area contributed by atoms with Gasteiger partial charge in [-0.2, -0.15) is 0 Å². The van der Waals surface area contributed by atoms with Crippen LogP contribution < -0.4 is 37.6 Å². The number of aliphatic carboxylic acids is 1. The van der Waals surface area contributed by atoms with E-state index in [1.807, 2.05) is 13.8 Å². The van der Waals surface area contributed by atoms with E-state index in [1.54, 1.807) is 13.8 Å². The Morgan fingerprint density at radius 3 is 1.82 bits per heavy atom. The van der Waals surface area contributed by atoms with Crippen molar-refractivity contribution in [2.24, 2.45) is 17.6 Å². The Bertz CT molecular complexity index is 1490. The number of carboxylic acids is 1. The van der Waals surface area contributed by atoms with Gasteiger partial charge in [-0.05, 0) is 64.7 Å². The molecule has 0 aliphatic carbocycles. The van der Waals surface area contributed by atoms with Gasteiger partial charge in [-0.15, -0.1) is 0 Å². The molecule has 11 N–H and O–H groups in total. The summed E-state index contributed by atoms with van der Waals surface area (Å²) >= 11 is 0. The fourth-order valence-electron chi connectivity index (χ4n) is 6.55. The molecule has 0 saturated carbocycles. The fourth-order valence-corrected chi connectivity index (χ4v) is 6.55. The van der Waals surface area contributed by atoms with Gasteiger partial charge < -0.3 is 62.8 Å². The number of carbonyl (C=O) groups is 9. The highest BCUT2D eigenvalue weighted by Gasteiger charge is 2.44. The molecule has 0 aromatic heterocycles. The van der Waals surface area contributed by atoms with Gasteiger partial charge in [0.1, 0.15) is 42.3 Å². The Labute approximate surface area is 331 Å². The second-order valence-corrected chi connectivity index (χ2v) is 15.4. The van der Waals surface area contributed by atoms with Gasteiger partial charge in [0, 0.05) is 13.1 Å². The minimum Gasteiger partial charge on any atom is -0.480 e. The predicted molar refractivity (Wildman–Crippen MR) is 202 cm³/mol. The summed E-state index contributed by atoms with van der Waals surface area (Å²) < 4.78 is 0. The molecule has 322 valence electrons. The van der Waals surface area contributed by atoms with Crippen LogP contribution in [0.3, 0.4) is 0 Å². The van der Waals surface area contributed by atoms with E-state index in [2.05, 4.69) is 31.9 Å². The molecule has 0 unspecified atom stereocenters. The lowest BCUT2D eigenvalue weighted by Crippen LogP contribution is -2.61. The van der Waals surface area contributed by atoms with Gasteiger partial charge in [0.2, 0.25) is 47.3 Å². The number of nitrogens with one attached hydrogen (secondary N) is 6. The quantitative estimate of drug-likeness (QED) is 0.0562. The molecule has 8 amide bonds. The van der Waals surface area contributed by atoms with Crippen molar-refractivity contribution in [2.45, 2.75) is 135 Å². The van der Waals surface area contributed by atoms with Crippen LogP contribution in [0.2, 0.25) is 0 Å². The maximum atomic E-state index is 13.7. The topological polar surface area (TPSA) is 319 Å². The fraction of sp³-hybridized carbons (Fsp3) is 0.750. The maximum absolute atomic E-state index is 13.7. The van der Waals surface area contributed by atoms with Gasteiger partial charge in [0.15, 0.2) is 0 Å². The third-order valence-electron chi connectivity index (χ3n) is 9.69. The third kappa shape index (κ3) is 13.9. The van der Waals surface area contributed by atoms with Crippen LogP contribution in [0, 0.1) is 11.8 Å². The zero-order valence-corrected chi connectivity index (χ0v) is 33.7. The Kier molecular flexibility index (Phi) is 18.8. The summed E-state index contributed by atoms with van der Waals surface area (Å²) in [6, 6.07) is -9.44. The number of hydrogen-bond donors (Lipinski definition) is 10. The van der Waals surface area contributed by atoms with Crippen molar-refractivity contribution in [3.05, 3.63) is 0 Å². The summed E-state index contributed by atoms with van der Waals surface area (Å²) in [6.45, 7) is 9.75. The number of aliphatic hydroxyl groups excluding tert-OH is 2. The predicted octanol–water partition coefficient (Wildman–Crippen LogP) is -3.96. The molecule has 2 saturated heterocycles. The standard InChI is InChI=1S/C36H61N9O12/c1-17(2)14-22(41-29(49)19(5)37)30(50)38-15-26(48)40-23(16-46)31(51)43-28(21(7)47)33(53)39-20(6)34(54)45-13-9-11-25(45)35(55)44-12-8-10-24(44)32(52)42-27(18(3)4)36(56)57/h17-25,27-28,46-47H,8-16,37H2,1-7H3,(H,38,50)(H,39,53)(H,40,48)(H,41,49)(H,42,52)(H,43,51)(H,56,57)/t19-,20-,21+,22-,23-,24-,25-,27-,28-/m0/s1. The summed E-state index contributed by atoms with van der Waals surface area (Å²) in [5.74, 6) is -7.55. The minimum absolute atomic E-state index is 0.00629. The highest BCUT2D eigenvalue weighted by atomic mass is 16.4. The number of hydrogen-bond acceptors (Lipinski definition) is 12. The van der Waals surface area contributed by atoms with Crippen molar-refractivity contribution in [1.82, 2.24) is 41.7 Å². The van der Waals surface area contributed by atoms with Crippen molar-refractivity contribution < 1.29 is 58.5 Å². The van der Waals surface area contributed by atoms with E-state index in [0.29, 0.717) is 19.3 Å². The normalized spacial score (nSPS) is 20.4. The molecule has 2 rings (SSSR count). The number of rotatable bonds is 20. The smallest absolute Gasteiger partial charge is 0.326 e. The molecule has 2 aliphatic heterocycles. The van der Waals surface area contributed by atoms with E-state index in [0.717, 1.165) is 0 Å². The summed E-state index contributed by atoms with van der Waals surface area (Å²) in [5, 5.41) is 44.0. The number of carboxylic acid groups (broad SMARTS) is 1. The van der Waals surface area contributed by atoms with Crippen LogP contribution in [0.1, 0.15) is 80.6 Å². The lowest BCUT2D eigenvalue weighted by molar-refractivity contribution is -0.149. The molecule has 21 heteroatoms. The first kappa shape index (κ1) is 48.3. The Balaban J connectivity index is 2.03. The van der Waals surface area contributed by atoms with Gasteiger partial charge in [0.05, 0.1) is 25.3 Å². The Morgan fingerprint density at radius 2 is 1.30 bits per heavy atom. The molecule has 2 aliphatic rings. The number of amides is 8. The molecule has 0 bridgehead atoms. The molecule has 9 atom stereocenters. The summed E-state index contributed by atoms with van der Waals surface area (Å²) in [5.41, 5.74) is 5.58. The van der Waals surface area contributed by atoms with Crippen molar-refractivity contribution in [3.63, 3.8) is 0 Å². The zero-order valence-electron chi connectivity index (χ0n) is 33.7. The van der Waals surface area contributed by atoms with E-state index in [9.17, 15) is 58.5 Å². The molecule has 57 heavy (non-hydrogen) atoms. The molecular formula is C36H61N9O12. The molecule has 0 aromatic carbocycles. The molecular weight excluding hydrogens is 750 g/mol. The van der Waals surface area contributed by atoms with E-state index in [4.69, 9.17) is 5.73 Å². The van der Waals surface area contributed by atoms with Gasteiger partial charge in [0.25, 0.3) is 0 Å². The Hall–Kier alpha value is -4.89. The molecule has 0 spiro atoms. The van der Waals surface area contributed by atoms with Crippen LogP contribution in [-0.4, -0.2) is 159 Å². The van der Waals surface area contributed by atoms with Crippen LogP contribution in [0.5, 0.6) is 0 Å². The molecule has 2 heterocycles. The average Bonchev–Trinajstić information content (AvgIpc) is 3.83. The lowest BCUT2D eigenvalue weighted by atomic mass is 10.0. The molecule has 0 aromatic rings. The largest absolute Gasteiger partial charge is 0.480 e. The van der Waals surface area contributed by atoms with E-state index >= 15 is 0 Å². The molecule has 2 fully saturated rings. The summed E-state index contributed by atoms with van der Waals surface area (Å²) in [4.78, 5) is 119. The first-order valence-electron chi connectivity index (χ1n) is 19.3. The lowest BCUT2D eigenvalue weighted by Gasteiger charge is -2.33. The first-order valence-corrected chi connectivity index (χ1v) is 19.3. The number of carbonyl (C=O) groups excluding carboxylic acids is 8. The molecule has 21 nitrogen and oxygen atoms in total. The second kappa shape index (κ2) is 22.2. The third-order valence-corrected chi connectivity index (χ3v) is 9.69. The Morgan fingerprint density at radius 1 is 0.702 bits per heavy atom. The van der Waals surface area contributed by atoms with E-state index in [1.165, 1.54) is 30.6 Å². The monoisotopic (exact) mass is 811 g/mol. The van der Waals surface area contributed by atoms with Crippen molar-refractivity contribution in [2.75, 3.05) is 26.2 Å². The second-order valence-electron chi connectivity index (χ2n) is 15.4. The minimum atomic E-state index is -1.66. The van der Waals surface area contributed by atoms with Gasteiger partial charge >= 0.3 is 5.97 Å². The number of nitrogens with two attached hydrogens (primary N) is 1. The molecule has 0 radical (unpaired) electrons. The van der Waals surface area contributed by atoms with Crippen molar-refractivity contribution >= 4 is 53.2 Å². The van der Waals surface area contributed by atoms with Crippen molar-refractivity contribution in [1.29, 1.82) is 0 Å². The van der Waals surface area contributed by atoms with Crippen LogP contribution in [-0.2, 0) is 43.2 Å².